The van der Waals surface area contributed by atoms with Crippen LogP contribution in [0.5, 0.6) is 0 Å². The van der Waals surface area contributed by atoms with Crippen molar-refractivity contribution in [2.24, 2.45) is 11.7 Å². The van der Waals surface area contributed by atoms with E-state index in [2.05, 4.69) is 15.9 Å². The van der Waals surface area contributed by atoms with Gasteiger partial charge in [-0.15, -0.1) is 11.3 Å². The lowest BCUT2D eigenvalue weighted by atomic mass is 10.2. The summed E-state index contributed by atoms with van der Waals surface area (Å²) in [6.45, 7) is 5.61. The summed E-state index contributed by atoms with van der Waals surface area (Å²) in [5.74, 6) is 0.185. The minimum atomic E-state index is 0.0231. The first-order valence-corrected chi connectivity index (χ1v) is 6.88. The van der Waals surface area contributed by atoms with Crippen molar-refractivity contribution < 1.29 is 4.79 Å². The quantitative estimate of drug-likeness (QED) is 0.908. The number of carbonyl (C=O) groups is 1. The highest BCUT2D eigenvalue weighted by molar-refractivity contribution is 9.11. The van der Waals surface area contributed by atoms with Crippen LogP contribution in [-0.2, 0) is 11.3 Å². The van der Waals surface area contributed by atoms with E-state index in [1.807, 2.05) is 30.9 Å². The third-order valence-electron chi connectivity index (χ3n) is 2.18. The molecule has 3 nitrogen and oxygen atoms in total. The molecule has 1 amide bonds. The van der Waals surface area contributed by atoms with Crippen molar-refractivity contribution in [3.63, 3.8) is 0 Å². The first kappa shape index (κ1) is 13.7. The van der Waals surface area contributed by atoms with Crippen LogP contribution in [0.15, 0.2) is 15.9 Å². The number of hydrogen-bond acceptors (Lipinski definition) is 3. The van der Waals surface area contributed by atoms with E-state index in [1.165, 1.54) is 4.88 Å². The van der Waals surface area contributed by atoms with E-state index in [1.54, 1.807) is 11.3 Å². The monoisotopic (exact) mass is 304 g/mol. The topological polar surface area (TPSA) is 46.3 Å². The van der Waals surface area contributed by atoms with Gasteiger partial charge in [0, 0.05) is 23.9 Å². The van der Waals surface area contributed by atoms with Gasteiger partial charge in [-0.05, 0) is 28.1 Å². The summed E-state index contributed by atoms with van der Waals surface area (Å²) in [4.78, 5) is 14.9. The number of carbonyl (C=O) groups excluding carboxylic acids is 1. The second kappa shape index (κ2) is 6.37. The third kappa shape index (κ3) is 3.88. The fourth-order valence-electron chi connectivity index (χ4n) is 1.41. The standard InChI is InChI=1S/C11H17BrN2OS/c1-8(2)11(15)14(6-5-13)7-9-3-4-10(12)16-9/h3-4,8H,5-7,13H2,1-2H3. The summed E-state index contributed by atoms with van der Waals surface area (Å²) in [5, 5.41) is 0. The number of rotatable bonds is 5. The van der Waals surface area contributed by atoms with E-state index in [4.69, 9.17) is 5.73 Å². The van der Waals surface area contributed by atoms with Crippen LogP contribution >= 0.6 is 27.3 Å². The zero-order valence-electron chi connectivity index (χ0n) is 9.57. The van der Waals surface area contributed by atoms with Crippen LogP contribution in [0.3, 0.4) is 0 Å². The van der Waals surface area contributed by atoms with Crippen LogP contribution in [0.4, 0.5) is 0 Å². The molecule has 0 aliphatic carbocycles. The van der Waals surface area contributed by atoms with Crippen LogP contribution in [0.25, 0.3) is 0 Å². The summed E-state index contributed by atoms with van der Waals surface area (Å²) >= 11 is 5.07. The van der Waals surface area contributed by atoms with Gasteiger partial charge in [-0.3, -0.25) is 4.79 Å². The Kier molecular flexibility index (Phi) is 5.44. The average molecular weight is 305 g/mol. The number of amides is 1. The molecule has 90 valence electrons. The maximum absolute atomic E-state index is 11.9. The van der Waals surface area contributed by atoms with Crippen LogP contribution in [-0.4, -0.2) is 23.9 Å². The molecular formula is C11H17BrN2OS. The molecule has 0 aromatic carbocycles. The van der Waals surface area contributed by atoms with Crippen molar-refractivity contribution in [1.29, 1.82) is 0 Å². The van der Waals surface area contributed by atoms with Crippen LogP contribution in [0, 0.1) is 5.92 Å². The van der Waals surface area contributed by atoms with E-state index in [9.17, 15) is 4.79 Å². The number of thiophene rings is 1. The molecule has 0 fully saturated rings. The number of halogens is 1. The Bertz CT molecular complexity index is 352. The molecule has 0 saturated heterocycles. The third-order valence-corrected chi connectivity index (χ3v) is 3.79. The molecular weight excluding hydrogens is 288 g/mol. The number of nitrogens with two attached hydrogens (primary N) is 1. The van der Waals surface area contributed by atoms with Gasteiger partial charge in [0.1, 0.15) is 0 Å². The molecule has 0 spiro atoms. The molecule has 1 heterocycles. The highest BCUT2D eigenvalue weighted by Crippen LogP contribution is 2.23. The second-order valence-electron chi connectivity index (χ2n) is 3.91. The second-order valence-corrected chi connectivity index (χ2v) is 6.46. The average Bonchev–Trinajstić information content (AvgIpc) is 2.62. The minimum Gasteiger partial charge on any atom is -0.336 e. The predicted octanol–water partition coefficient (Wildman–Crippen LogP) is 2.45. The molecule has 0 aliphatic rings. The lowest BCUT2D eigenvalue weighted by molar-refractivity contribution is -0.134. The van der Waals surface area contributed by atoms with E-state index in [-0.39, 0.29) is 11.8 Å². The predicted molar refractivity (Wildman–Crippen MR) is 71.3 cm³/mol. The molecule has 0 unspecified atom stereocenters. The van der Waals surface area contributed by atoms with Crippen LogP contribution < -0.4 is 5.73 Å². The smallest absolute Gasteiger partial charge is 0.225 e. The van der Waals surface area contributed by atoms with Crippen molar-refractivity contribution >= 4 is 33.2 Å². The Labute approximate surface area is 109 Å². The molecule has 0 aliphatic heterocycles. The van der Waals surface area contributed by atoms with Gasteiger partial charge in [0.05, 0.1) is 10.3 Å². The molecule has 0 radical (unpaired) electrons. The Morgan fingerprint density at radius 2 is 2.25 bits per heavy atom. The van der Waals surface area contributed by atoms with E-state index in [0.717, 1.165) is 3.79 Å². The van der Waals surface area contributed by atoms with Gasteiger partial charge < -0.3 is 10.6 Å². The molecule has 0 saturated carbocycles. The Morgan fingerprint density at radius 1 is 1.56 bits per heavy atom. The zero-order valence-corrected chi connectivity index (χ0v) is 12.0. The van der Waals surface area contributed by atoms with E-state index in [0.29, 0.717) is 19.6 Å². The van der Waals surface area contributed by atoms with Gasteiger partial charge in [-0.2, -0.15) is 0 Å². The molecule has 1 aromatic heterocycles. The number of nitrogens with zero attached hydrogens (tertiary/aromatic N) is 1. The van der Waals surface area contributed by atoms with Crippen molar-refractivity contribution in [2.75, 3.05) is 13.1 Å². The molecule has 0 bridgehead atoms. The Morgan fingerprint density at radius 3 is 2.69 bits per heavy atom. The summed E-state index contributed by atoms with van der Waals surface area (Å²) < 4.78 is 1.09. The summed E-state index contributed by atoms with van der Waals surface area (Å²) in [5.41, 5.74) is 5.53. The largest absolute Gasteiger partial charge is 0.336 e. The normalized spacial score (nSPS) is 10.8. The van der Waals surface area contributed by atoms with Crippen molar-refractivity contribution in [3.05, 3.63) is 20.8 Å². The first-order chi connectivity index (χ1) is 7.54. The lowest BCUT2D eigenvalue weighted by Crippen LogP contribution is -2.37. The van der Waals surface area contributed by atoms with Gasteiger partial charge in [0.15, 0.2) is 0 Å². The van der Waals surface area contributed by atoms with Crippen molar-refractivity contribution in [3.8, 4) is 0 Å². The van der Waals surface area contributed by atoms with Gasteiger partial charge in [0.25, 0.3) is 0 Å². The summed E-state index contributed by atoms with van der Waals surface area (Å²) in [7, 11) is 0. The summed E-state index contributed by atoms with van der Waals surface area (Å²) in [6, 6.07) is 4.03. The SMILES string of the molecule is CC(C)C(=O)N(CCN)Cc1ccc(Br)s1. The van der Waals surface area contributed by atoms with Crippen molar-refractivity contribution in [2.45, 2.75) is 20.4 Å². The van der Waals surface area contributed by atoms with Crippen molar-refractivity contribution in [1.82, 2.24) is 4.90 Å². The van der Waals surface area contributed by atoms with Gasteiger partial charge in [-0.25, -0.2) is 0 Å². The zero-order chi connectivity index (χ0) is 12.1. The number of hydrogen-bond donors (Lipinski definition) is 1. The minimum absolute atomic E-state index is 0.0231. The maximum atomic E-state index is 11.9. The van der Waals surface area contributed by atoms with Gasteiger partial charge in [0.2, 0.25) is 5.91 Å². The Hall–Kier alpha value is -0.390. The summed E-state index contributed by atoms with van der Waals surface area (Å²) in [6.07, 6.45) is 0. The Balaban J connectivity index is 2.67. The van der Waals surface area contributed by atoms with E-state index < -0.39 is 0 Å². The molecule has 1 aromatic rings. The molecule has 5 heteroatoms. The van der Waals surface area contributed by atoms with Crippen LogP contribution in [0.1, 0.15) is 18.7 Å². The van der Waals surface area contributed by atoms with Gasteiger partial charge in [-0.1, -0.05) is 13.8 Å². The lowest BCUT2D eigenvalue weighted by Gasteiger charge is -2.23. The molecule has 16 heavy (non-hydrogen) atoms. The maximum Gasteiger partial charge on any atom is 0.225 e. The molecule has 2 N–H and O–H groups in total. The fraction of sp³-hybridized carbons (Fsp3) is 0.545. The van der Waals surface area contributed by atoms with E-state index >= 15 is 0 Å². The van der Waals surface area contributed by atoms with Crippen LogP contribution in [0.2, 0.25) is 0 Å². The molecule has 0 atom stereocenters. The molecule has 1 rings (SSSR count). The van der Waals surface area contributed by atoms with Gasteiger partial charge >= 0.3 is 0 Å². The fourth-order valence-corrected chi connectivity index (χ4v) is 2.91. The first-order valence-electron chi connectivity index (χ1n) is 5.27. The highest BCUT2D eigenvalue weighted by Gasteiger charge is 2.17. The highest BCUT2D eigenvalue weighted by atomic mass is 79.9.